The van der Waals surface area contributed by atoms with Crippen LogP contribution in [0.1, 0.15) is 18.9 Å². The molecule has 0 saturated carbocycles. The van der Waals surface area contributed by atoms with Gasteiger partial charge in [0.05, 0.1) is 11.5 Å². The fourth-order valence-electron chi connectivity index (χ4n) is 1.49. The number of halogens is 1. The zero-order chi connectivity index (χ0) is 13.1. The lowest BCUT2D eigenvalue weighted by Crippen LogP contribution is -2.04. The average Bonchev–Trinajstić information content (AvgIpc) is 2.78. The number of nitrogens with zero attached hydrogens (tertiary/aromatic N) is 2. The van der Waals surface area contributed by atoms with Gasteiger partial charge in [-0.1, -0.05) is 6.07 Å². The van der Waals surface area contributed by atoms with E-state index in [1.807, 2.05) is 0 Å². The Morgan fingerprint density at radius 3 is 3.00 bits per heavy atom. The molecule has 1 aliphatic heterocycles. The van der Waals surface area contributed by atoms with Crippen molar-refractivity contribution in [3.8, 4) is 5.75 Å². The summed E-state index contributed by atoms with van der Waals surface area (Å²) in [6, 6.07) is 4.28. The van der Waals surface area contributed by atoms with Crippen LogP contribution in [-0.2, 0) is 4.79 Å². The average molecular weight is 266 g/mol. The summed E-state index contributed by atoms with van der Waals surface area (Å²) < 4.78 is 13.2. The number of ketones is 1. The summed E-state index contributed by atoms with van der Waals surface area (Å²) in [5.74, 6) is -0.689. The summed E-state index contributed by atoms with van der Waals surface area (Å²) in [5, 5.41) is 18.1. The predicted molar refractivity (Wildman–Crippen MR) is 69.8 cm³/mol. The molecule has 0 amide bonds. The van der Waals surface area contributed by atoms with Crippen LogP contribution in [0.5, 0.6) is 5.75 Å². The maximum absolute atomic E-state index is 13.2. The zero-order valence-electron chi connectivity index (χ0n) is 9.68. The van der Waals surface area contributed by atoms with Crippen molar-refractivity contribution in [2.45, 2.75) is 13.3 Å². The fraction of sp³-hybridized carbons (Fsp3) is 0.250. The summed E-state index contributed by atoms with van der Waals surface area (Å²) in [5.41, 5.74) is 0.857. The first-order valence-corrected chi connectivity index (χ1v) is 6.30. The monoisotopic (exact) mass is 266 g/mol. The van der Waals surface area contributed by atoms with E-state index in [1.165, 1.54) is 30.8 Å². The number of rotatable bonds is 3. The van der Waals surface area contributed by atoms with Crippen LogP contribution in [0.3, 0.4) is 0 Å². The number of phenolic OH excluding ortho intramolecular Hbond substituents is 1. The zero-order valence-corrected chi connectivity index (χ0v) is 10.5. The molecule has 1 aromatic carbocycles. The molecule has 6 heteroatoms. The van der Waals surface area contributed by atoms with Crippen LogP contribution < -0.4 is 0 Å². The van der Waals surface area contributed by atoms with Crippen molar-refractivity contribution in [2.75, 3.05) is 5.75 Å². The van der Waals surface area contributed by atoms with E-state index in [1.54, 1.807) is 6.07 Å². The third-order valence-corrected chi connectivity index (χ3v) is 3.45. The molecule has 0 aliphatic carbocycles. The topological polar surface area (TPSA) is 62.0 Å². The van der Waals surface area contributed by atoms with Crippen molar-refractivity contribution < 1.29 is 14.3 Å². The maximum atomic E-state index is 13.2. The van der Waals surface area contributed by atoms with E-state index in [0.717, 1.165) is 0 Å². The number of hydrogen-bond donors (Lipinski definition) is 1. The van der Waals surface area contributed by atoms with Crippen molar-refractivity contribution in [1.29, 1.82) is 0 Å². The van der Waals surface area contributed by atoms with Gasteiger partial charge in [0.1, 0.15) is 10.8 Å². The van der Waals surface area contributed by atoms with E-state index in [0.29, 0.717) is 28.5 Å². The molecule has 4 nitrogen and oxygen atoms in total. The Balaban J connectivity index is 2.07. The van der Waals surface area contributed by atoms with Crippen LogP contribution in [0.15, 0.2) is 28.4 Å². The van der Waals surface area contributed by atoms with Gasteiger partial charge >= 0.3 is 0 Å². The van der Waals surface area contributed by atoms with Crippen LogP contribution in [0.25, 0.3) is 0 Å². The molecule has 0 fully saturated rings. The van der Waals surface area contributed by atoms with E-state index < -0.39 is 11.6 Å². The Morgan fingerprint density at radius 1 is 1.50 bits per heavy atom. The molecule has 1 N–H and O–H groups in total. The Morgan fingerprint density at radius 2 is 2.28 bits per heavy atom. The molecule has 0 bridgehead atoms. The van der Waals surface area contributed by atoms with Gasteiger partial charge in [-0.3, -0.25) is 4.79 Å². The predicted octanol–water partition coefficient (Wildman–Crippen LogP) is 2.36. The Hall–Kier alpha value is -1.69. The van der Waals surface area contributed by atoms with Crippen LogP contribution in [-0.4, -0.2) is 27.4 Å². The molecule has 0 atom stereocenters. The number of para-hydroxylation sites is 1. The first kappa shape index (κ1) is 12.8. The third kappa shape index (κ3) is 2.76. The highest BCUT2D eigenvalue weighted by Crippen LogP contribution is 2.26. The van der Waals surface area contributed by atoms with Crippen LogP contribution in [0.4, 0.5) is 4.39 Å². The molecule has 0 saturated heterocycles. The molecule has 0 radical (unpaired) electrons. The van der Waals surface area contributed by atoms with Gasteiger partial charge in [0.2, 0.25) is 0 Å². The van der Waals surface area contributed by atoms with Gasteiger partial charge in [0.25, 0.3) is 0 Å². The molecule has 0 aromatic heterocycles. The lowest BCUT2D eigenvalue weighted by Gasteiger charge is -2.04. The number of carbonyl (C=O) groups excluding carboxylic acids is 1. The second-order valence-electron chi connectivity index (χ2n) is 3.84. The smallest absolute Gasteiger partial charge is 0.165 e. The van der Waals surface area contributed by atoms with Crippen molar-refractivity contribution in [3.63, 3.8) is 0 Å². The molecular formula is C12H11FN2O2S. The number of carbonyl (C=O) groups is 1. The quantitative estimate of drug-likeness (QED) is 0.913. The van der Waals surface area contributed by atoms with Gasteiger partial charge in [-0.05, 0) is 19.1 Å². The van der Waals surface area contributed by atoms with Crippen molar-refractivity contribution in [2.24, 2.45) is 10.2 Å². The van der Waals surface area contributed by atoms with E-state index in [9.17, 15) is 14.3 Å². The summed E-state index contributed by atoms with van der Waals surface area (Å²) >= 11 is 1.31. The van der Waals surface area contributed by atoms with E-state index >= 15 is 0 Å². The highest BCUT2D eigenvalue weighted by molar-refractivity contribution is 8.14. The van der Waals surface area contributed by atoms with Gasteiger partial charge in [0, 0.05) is 12.0 Å². The van der Waals surface area contributed by atoms with Crippen LogP contribution in [0, 0.1) is 5.82 Å². The highest BCUT2D eigenvalue weighted by Gasteiger charge is 2.19. The van der Waals surface area contributed by atoms with Crippen molar-refractivity contribution in [1.82, 2.24) is 0 Å². The number of thioether (sulfide) groups is 1. The van der Waals surface area contributed by atoms with E-state index in [2.05, 4.69) is 10.2 Å². The molecule has 0 unspecified atom stereocenters. The Kier molecular flexibility index (Phi) is 3.76. The van der Waals surface area contributed by atoms with Crippen LogP contribution in [0.2, 0.25) is 0 Å². The lowest BCUT2D eigenvalue weighted by molar-refractivity contribution is -0.114. The lowest BCUT2D eigenvalue weighted by atomic mass is 10.1. The van der Waals surface area contributed by atoms with Gasteiger partial charge in [-0.25, -0.2) is 4.39 Å². The summed E-state index contributed by atoms with van der Waals surface area (Å²) in [6.45, 7) is 1.50. The minimum absolute atomic E-state index is 0.0600. The number of aromatic hydroxyl groups is 1. The third-order valence-electron chi connectivity index (χ3n) is 2.34. The van der Waals surface area contributed by atoms with E-state index in [-0.39, 0.29) is 5.78 Å². The summed E-state index contributed by atoms with van der Waals surface area (Å²) in [4.78, 5) is 10.8. The Bertz CT molecular complexity index is 555. The molecule has 2 rings (SSSR count). The number of benzene rings is 1. The van der Waals surface area contributed by atoms with Crippen LogP contribution >= 0.6 is 11.8 Å². The highest BCUT2D eigenvalue weighted by atomic mass is 32.2. The molecule has 0 spiro atoms. The minimum atomic E-state index is -0.681. The minimum Gasteiger partial charge on any atom is -0.504 e. The van der Waals surface area contributed by atoms with E-state index in [4.69, 9.17) is 0 Å². The SMILES string of the molecule is CC(=O)CSC1=NN=C(c2cccc(F)c2O)C1. The van der Waals surface area contributed by atoms with Gasteiger partial charge < -0.3 is 5.11 Å². The molecule has 1 heterocycles. The standard InChI is InChI=1S/C12H11FN2O2S/c1-7(16)6-18-11-5-10(14-15-11)8-3-2-4-9(13)12(8)17/h2-4,17H,5-6H2,1H3. The first-order chi connectivity index (χ1) is 8.58. The molecular weight excluding hydrogens is 255 g/mol. The summed E-state index contributed by atoms with van der Waals surface area (Å²) in [7, 11) is 0. The second-order valence-corrected chi connectivity index (χ2v) is 4.89. The fourth-order valence-corrected chi connectivity index (χ4v) is 2.20. The maximum Gasteiger partial charge on any atom is 0.165 e. The van der Waals surface area contributed by atoms with Crippen molar-refractivity contribution in [3.05, 3.63) is 29.6 Å². The number of Topliss-reactive ketones (excluding diaryl/α,β-unsaturated/α-hetero) is 1. The van der Waals surface area contributed by atoms with Gasteiger partial charge in [-0.2, -0.15) is 5.10 Å². The normalized spacial score (nSPS) is 14.3. The summed E-state index contributed by atoms with van der Waals surface area (Å²) in [6.07, 6.45) is 0.412. The number of hydrogen-bond acceptors (Lipinski definition) is 5. The molecule has 94 valence electrons. The molecule has 1 aromatic rings. The Labute approximate surface area is 108 Å². The first-order valence-electron chi connectivity index (χ1n) is 5.31. The molecule has 18 heavy (non-hydrogen) atoms. The van der Waals surface area contributed by atoms with Gasteiger partial charge in [0.15, 0.2) is 11.6 Å². The van der Waals surface area contributed by atoms with Crippen molar-refractivity contribution >= 4 is 28.3 Å². The largest absolute Gasteiger partial charge is 0.504 e. The molecule has 1 aliphatic rings. The second kappa shape index (κ2) is 5.30. The van der Waals surface area contributed by atoms with Gasteiger partial charge in [-0.15, -0.1) is 16.9 Å². The number of phenols is 1.